The van der Waals surface area contributed by atoms with Crippen LogP contribution in [-0.2, 0) is 4.79 Å². The molecule has 0 saturated carbocycles. The van der Waals surface area contributed by atoms with E-state index in [4.69, 9.17) is 5.73 Å². The monoisotopic (exact) mass is 220 g/mol. The Morgan fingerprint density at radius 3 is 2.88 bits per heavy atom. The zero-order valence-corrected chi connectivity index (χ0v) is 9.60. The first kappa shape index (κ1) is 10.9. The fraction of sp³-hybridized carbons (Fsp3) is 0.545. The third kappa shape index (κ3) is 1.98. The number of aryl methyl sites for hydroxylation is 2. The van der Waals surface area contributed by atoms with Gasteiger partial charge in [-0.2, -0.15) is 0 Å². The number of nitrogens with two attached hydrogens (primary N) is 1. The van der Waals surface area contributed by atoms with Crippen molar-refractivity contribution in [3.63, 3.8) is 0 Å². The van der Waals surface area contributed by atoms with E-state index in [0.717, 1.165) is 24.2 Å². The summed E-state index contributed by atoms with van der Waals surface area (Å²) < 4.78 is 0. The third-order valence-electron chi connectivity index (χ3n) is 3.09. The minimum Gasteiger partial charge on any atom is -0.369 e. The minimum absolute atomic E-state index is 0.0646. The van der Waals surface area contributed by atoms with Gasteiger partial charge in [-0.3, -0.25) is 4.79 Å². The van der Waals surface area contributed by atoms with Crippen LogP contribution in [0.2, 0.25) is 0 Å². The summed E-state index contributed by atoms with van der Waals surface area (Å²) in [7, 11) is 0. The van der Waals surface area contributed by atoms with Crippen molar-refractivity contribution in [2.75, 3.05) is 18.0 Å². The summed E-state index contributed by atoms with van der Waals surface area (Å²) in [5.41, 5.74) is 7.34. The van der Waals surface area contributed by atoms with E-state index in [-0.39, 0.29) is 11.8 Å². The van der Waals surface area contributed by atoms with Crippen molar-refractivity contribution in [1.82, 2.24) is 9.97 Å². The lowest BCUT2D eigenvalue weighted by Gasteiger charge is -2.16. The van der Waals surface area contributed by atoms with Crippen LogP contribution >= 0.6 is 0 Å². The Hall–Kier alpha value is -1.65. The molecule has 0 aliphatic carbocycles. The van der Waals surface area contributed by atoms with Gasteiger partial charge in [-0.05, 0) is 25.8 Å². The van der Waals surface area contributed by atoms with Gasteiger partial charge in [-0.1, -0.05) is 0 Å². The molecule has 1 aromatic rings. The first-order chi connectivity index (χ1) is 7.58. The maximum Gasteiger partial charge on any atom is 0.225 e. The number of primary amides is 1. The zero-order valence-electron chi connectivity index (χ0n) is 9.60. The second-order valence-corrected chi connectivity index (χ2v) is 4.27. The summed E-state index contributed by atoms with van der Waals surface area (Å²) in [6.45, 7) is 5.38. The van der Waals surface area contributed by atoms with Gasteiger partial charge in [0.25, 0.3) is 0 Å². The van der Waals surface area contributed by atoms with E-state index in [0.29, 0.717) is 12.5 Å². The second kappa shape index (κ2) is 4.08. The topological polar surface area (TPSA) is 72.1 Å². The van der Waals surface area contributed by atoms with Crippen LogP contribution in [0.3, 0.4) is 0 Å². The van der Waals surface area contributed by atoms with Crippen LogP contribution in [0.4, 0.5) is 5.95 Å². The van der Waals surface area contributed by atoms with Crippen molar-refractivity contribution >= 4 is 11.9 Å². The lowest BCUT2D eigenvalue weighted by molar-refractivity contribution is -0.121. The van der Waals surface area contributed by atoms with Crippen LogP contribution < -0.4 is 10.6 Å². The molecule has 1 saturated heterocycles. The molecule has 1 aromatic heterocycles. The highest BCUT2D eigenvalue weighted by Gasteiger charge is 2.28. The molecule has 2 rings (SSSR count). The molecule has 1 atom stereocenters. The Morgan fingerprint density at radius 1 is 1.56 bits per heavy atom. The van der Waals surface area contributed by atoms with E-state index in [9.17, 15) is 4.79 Å². The molecule has 0 aromatic carbocycles. The zero-order chi connectivity index (χ0) is 11.7. The second-order valence-electron chi connectivity index (χ2n) is 4.27. The predicted octanol–water partition coefficient (Wildman–Crippen LogP) is 0.405. The lowest BCUT2D eigenvalue weighted by atomic mass is 10.1. The quantitative estimate of drug-likeness (QED) is 0.783. The maximum atomic E-state index is 11.1. The van der Waals surface area contributed by atoms with Gasteiger partial charge in [0, 0.05) is 25.0 Å². The Balaban J connectivity index is 2.14. The first-order valence-electron chi connectivity index (χ1n) is 5.42. The minimum atomic E-state index is -0.230. The van der Waals surface area contributed by atoms with E-state index in [1.54, 1.807) is 0 Å². The Morgan fingerprint density at radius 2 is 2.31 bits per heavy atom. The van der Waals surface area contributed by atoms with Crippen LogP contribution in [0.1, 0.15) is 17.7 Å². The van der Waals surface area contributed by atoms with Crippen molar-refractivity contribution in [2.24, 2.45) is 11.7 Å². The maximum absolute atomic E-state index is 11.1. The van der Waals surface area contributed by atoms with E-state index in [1.807, 2.05) is 24.9 Å². The molecule has 1 aliphatic rings. The number of hydrogen-bond acceptors (Lipinski definition) is 4. The van der Waals surface area contributed by atoms with Gasteiger partial charge in [0.05, 0.1) is 5.92 Å². The van der Waals surface area contributed by atoms with E-state index < -0.39 is 0 Å². The molecule has 1 fully saturated rings. The normalized spacial score (nSPS) is 20.1. The number of anilines is 1. The van der Waals surface area contributed by atoms with Crippen LogP contribution in [0.5, 0.6) is 0 Å². The van der Waals surface area contributed by atoms with Crippen LogP contribution in [-0.4, -0.2) is 29.0 Å². The molecule has 5 nitrogen and oxygen atoms in total. The number of hydrogen-bond donors (Lipinski definition) is 1. The van der Waals surface area contributed by atoms with Crippen molar-refractivity contribution < 1.29 is 4.79 Å². The number of aromatic nitrogens is 2. The number of rotatable bonds is 2. The molecule has 0 spiro atoms. The summed E-state index contributed by atoms with van der Waals surface area (Å²) >= 11 is 0. The van der Waals surface area contributed by atoms with Crippen LogP contribution in [0.25, 0.3) is 0 Å². The fourth-order valence-corrected chi connectivity index (χ4v) is 1.84. The molecular weight excluding hydrogens is 204 g/mol. The smallest absolute Gasteiger partial charge is 0.225 e. The summed E-state index contributed by atoms with van der Waals surface area (Å²) in [5.74, 6) is 0.406. The van der Waals surface area contributed by atoms with Crippen molar-refractivity contribution in [3.8, 4) is 0 Å². The molecule has 2 heterocycles. The van der Waals surface area contributed by atoms with Crippen LogP contribution in [0, 0.1) is 19.8 Å². The molecule has 1 amide bonds. The molecule has 5 heteroatoms. The molecule has 0 radical (unpaired) electrons. The number of amides is 1. The van der Waals surface area contributed by atoms with Gasteiger partial charge in [0.15, 0.2) is 0 Å². The average Bonchev–Trinajstić information content (AvgIpc) is 2.71. The Labute approximate surface area is 94.7 Å². The summed E-state index contributed by atoms with van der Waals surface area (Å²) in [5, 5.41) is 0. The molecule has 2 N–H and O–H groups in total. The van der Waals surface area contributed by atoms with Crippen LogP contribution in [0.15, 0.2) is 6.20 Å². The van der Waals surface area contributed by atoms with Crippen molar-refractivity contribution in [3.05, 3.63) is 17.5 Å². The largest absolute Gasteiger partial charge is 0.369 e. The SMILES string of the molecule is Cc1cnc(N2CCC(C(N)=O)C2)nc1C. The highest BCUT2D eigenvalue weighted by molar-refractivity contribution is 5.78. The van der Waals surface area contributed by atoms with E-state index in [1.165, 1.54) is 0 Å². The number of carbonyl (C=O) groups is 1. The molecule has 0 bridgehead atoms. The molecule has 1 unspecified atom stereocenters. The van der Waals surface area contributed by atoms with E-state index in [2.05, 4.69) is 9.97 Å². The number of carbonyl (C=O) groups excluding carboxylic acids is 1. The summed E-state index contributed by atoms with van der Waals surface area (Å²) in [4.78, 5) is 21.8. The van der Waals surface area contributed by atoms with Gasteiger partial charge < -0.3 is 10.6 Å². The Bertz CT molecular complexity index is 418. The van der Waals surface area contributed by atoms with Gasteiger partial charge in [0.2, 0.25) is 11.9 Å². The van der Waals surface area contributed by atoms with Gasteiger partial charge >= 0.3 is 0 Å². The predicted molar refractivity (Wildman–Crippen MR) is 61.0 cm³/mol. The van der Waals surface area contributed by atoms with E-state index >= 15 is 0 Å². The average molecular weight is 220 g/mol. The van der Waals surface area contributed by atoms with Crippen molar-refractivity contribution in [1.29, 1.82) is 0 Å². The molecule has 1 aliphatic heterocycles. The fourth-order valence-electron chi connectivity index (χ4n) is 1.84. The lowest BCUT2D eigenvalue weighted by Crippen LogP contribution is -2.28. The third-order valence-corrected chi connectivity index (χ3v) is 3.09. The molecule has 86 valence electrons. The highest BCUT2D eigenvalue weighted by Crippen LogP contribution is 2.20. The summed E-state index contributed by atoms with van der Waals surface area (Å²) in [6.07, 6.45) is 2.61. The highest BCUT2D eigenvalue weighted by atomic mass is 16.1. The molecule has 16 heavy (non-hydrogen) atoms. The van der Waals surface area contributed by atoms with Crippen molar-refractivity contribution in [2.45, 2.75) is 20.3 Å². The molecular formula is C11H16N4O. The number of nitrogens with zero attached hydrogens (tertiary/aromatic N) is 3. The Kier molecular flexibility index (Phi) is 2.77. The summed E-state index contributed by atoms with van der Waals surface area (Å²) in [6, 6.07) is 0. The standard InChI is InChI=1S/C11H16N4O/c1-7-5-13-11(14-8(7)2)15-4-3-9(6-15)10(12)16/h5,9H,3-4,6H2,1-2H3,(H2,12,16). The van der Waals surface area contributed by atoms with Gasteiger partial charge in [0.1, 0.15) is 0 Å². The van der Waals surface area contributed by atoms with Gasteiger partial charge in [-0.25, -0.2) is 9.97 Å². The van der Waals surface area contributed by atoms with Gasteiger partial charge in [-0.15, -0.1) is 0 Å². The first-order valence-corrected chi connectivity index (χ1v) is 5.42.